The molecule has 6 nitrogen and oxygen atoms in total. The molecule has 1 fully saturated rings. The molecule has 0 aliphatic heterocycles. The van der Waals surface area contributed by atoms with Crippen molar-refractivity contribution in [2.45, 2.75) is 46.2 Å². The van der Waals surface area contributed by atoms with Crippen molar-refractivity contribution in [1.29, 1.82) is 0 Å². The third-order valence-corrected chi connectivity index (χ3v) is 4.65. The molecule has 0 saturated heterocycles. The summed E-state index contributed by atoms with van der Waals surface area (Å²) < 4.78 is 4.64. The Labute approximate surface area is 113 Å². The fourth-order valence-corrected chi connectivity index (χ4v) is 2.88. The number of aromatic nitrogens is 2. The maximum atomic E-state index is 12.3. The van der Waals surface area contributed by atoms with E-state index in [1.807, 2.05) is 0 Å². The van der Waals surface area contributed by atoms with E-state index in [1.54, 1.807) is 0 Å². The summed E-state index contributed by atoms with van der Waals surface area (Å²) in [4.78, 5) is 16.2. The smallest absolute Gasteiger partial charge is 0.224 e. The van der Waals surface area contributed by atoms with Crippen molar-refractivity contribution in [3.8, 4) is 0 Å². The summed E-state index contributed by atoms with van der Waals surface area (Å²) in [6, 6.07) is 0.177. The van der Waals surface area contributed by atoms with Crippen LogP contribution >= 0.6 is 0 Å². The Morgan fingerprint density at radius 2 is 2.32 bits per heavy atom. The van der Waals surface area contributed by atoms with Gasteiger partial charge in [0, 0.05) is 12.0 Å². The van der Waals surface area contributed by atoms with Crippen LogP contribution in [0.2, 0.25) is 0 Å². The average Bonchev–Trinajstić information content (AvgIpc) is 2.86. The van der Waals surface area contributed by atoms with Gasteiger partial charge in [-0.1, -0.05) is 25.9 Å². The Hall–Kier alpha value is -1.43. The normalized spacial score (nSPS) is 30.0. The standard InChI is InChI=1S/C13H22N4O2/c1-8-10(14)5-4-9(13(8,2)3)12(18)15-6-11-16-7-19-17-11/h7-10H,4-6,14H2,1-3H3,(H,15,18). The van der Waals surface area contributed by atoms with Gasteiger partial charge in [-0.15, -0.1) is 0 Å². The van der Waals surface area contributed by atoms with Gasteiger partial charge in [-0.2, -0.15) is 4.98 Å². The maximum absolute atomic E-state index is 12.3. The Bertz CT molecular complexity index is 430. The number of nitrogens with two attached hydrogens (primary N) is 1. The van der Waals surface area contributed by atoms with E-state index < -0.39 is 0 Å². The van der Waals surface area contributed by atoms with E-state index in [9.17, 15) is 4.79 Å². The molecule has 0 radical (unpaired) electrons. The van der Waals surface area contributed by atoms with Crippen LogP contribution in [0.25, 0.3) is 0 Å². The van der Waals surface area contributed by atoms with Crippen LogP contribution in [0.3, 0.4) is 0 Å². The van der Waals surface area contributed by atoms with Crippen molar-refractivity contribution >= 4 is 5.91 Å². The van der Waals surface area contributed by atoms with Gasteiger partial charge >= 0.3 is 0 Å². The fraction of sp³-hybridized carbons (Fsp3) is 0.769. The highest BCUT2D eigenvalue weighted by atomic mass is 16.5. The Morgan fingerprint density at radius 3 is 2.95 bits per heavy atom. The van der Waals surface area contributed by atoms with Crippen LogP contribution in [0.5, 0.6) is 0 Å². The summed E-state index contributed by atoms with van der Waals surface area (Å²) in [5.41, 5.74) is 6.01. The first-order chi connectivity index (χ1) is 8.93. The molecule has 1 saturated carbocycles. The molecule has 3 N–H and O–H groups in total. The molecule has 1 heterocycles. The summed E-state index contributed by atoms with van der Waals surface area (Å²) in [7, 11) is 0. The predicted molar refractivity (Wildman–Crippen MR) is 69.8 cm³/mol. The van der Waals surface area contributed by atoms with Gasteiger partial charge in [-0.3, -0.25) is 4.79 Å². The number of rotatable bonds is 3. The van der Waals surface area contributed by atoms with Crippen molar-refractivity contribution in [2.24, 2.45) is 23.0 Å². The van der Waals surface area contributed by atoms with E-state index >= 15 is 0 Å². The molecule has 1 aliphatic rings. The van der Waals surface area contributed by atoms with Crippen molar-refractivity contribution in [3.63, 3.8) is 0 Å². The topological polar surface area (TPSA) is 94.0 Å². The van der Waals surface area contributed by atoms with Crippen LogP contribution in [0.4, 0.5) is 0 Å². The molecule has 0 spiro atoms. The number of hydrogen-bond acceptors (Lipinski definition) is 5. The van der Waals surface area contributed by atoms with Gasteiger partial charge in [0.25, 0.3) is 0 Å². The Kier molecular flexibility index (Phi) is 3.89. The van der Waals surface area contributed by atoms with E-state index in [-0.39, 0.29) is 23.3 Å². The molecule has 6 heteroatoms. The van der Waals surface area contributed by atoms with Crippen molar-refractivity contribution in [2.75, 3.05) is 0 Å². The second-order valence-electron chi connectivity index (χ2n) is 5.97. The maximum Gasteiger partial charge on any atom is 0.224 e. The zero-order valence-electron chi connectivity index (χ0n) is 11.7. The highest BCUT2D eigenvalue weighted by Crippen LogP contribution is 2.44. The van der Waals surface area contributed by atoms with Gasteiger partial charge in [0.15, 0.2) is 5.82 Å². The van der Waals surface area contributed by atoms with Crippen LogP contribution in [0, 0.1) is 17.3 Å². The molecule has 3 unspecified atom stereocenters. The van der Waals surface area contributed by atoms with E-state index in [4.69, 9.17) is 5.73 Å². The molecule has 1 aliphatic carbocycles. The highest BCUT2D eigenvalue weighted by Gasteiger charge is 2.44. The van der Waals surface area contributed by atoms with E-state index in [1.165, 1.54) is 6.39 Å². The first kappa shape index (κ1) is 14.0. The van der Waals surface area contributed by atoms with Crippen molar-refractivity contribution < 1.29 is 9.32 Å². The number of hydrogen-bond donors (Lipinski definition) is 2. The molecule has 3 atom stereocenters. The molecular weight excluding hydrogens is 244 g/mol. The van der Waals surface area contributed by atoms with Crippen molar-refractivity contribution in [3.05, 3.63) is 12.2 Å². The third kappa shape index (κ3) is 2.78. The average molecular weight is 266 g/mol. The molecule has 0 aromatic carbocycles. The summed E-state index contributed by atoms with van der Waals surface area (Å²) in [6.07, 6.45) is 2.98. The third-order valence-electron chi connectivity index (χ3n) is 4.65. The predicted octanol–water partition coefficient (Wildman–Crippen LogP) is 1.09. The summed E-state index contributed by atoms with van der Waals surface area (Å²) in [5.74, 6) is 0.844. The van der Waals surface area contributed by atoms with Crippen LogP contribution in [0.15, 0.2) is 10.9 Å². The summed E-state index contributed by atoms with van der Waals surface area (Å²) >= 11 is 0. The van der Waals surface area contributed by atoms with Crippen LogP contribution in [-0.4, -0.2) is 22.1 Å². The minimum atomic E-state index is -0.0982. The minimum Gasteiger partial charge on any atom is -0.348 e. The van der Waals surface area contributed by atoms with Gasteiger partial charge in [-0.05, 0) is 24.2 Å². The van der Waals surface area contributed by atoms with Gasteiger partial charge in [0.1, 0.15) is 0 Å². The van der Waals surface area contributed by atoms with E-state index in [0.29, 0.717) is 18.3 Å². The number of nitrogens with zero attached hydrogens (tertiary/aromatic N) is 2. The van der Waals surface area contributed by atoms with E-state index in [2.05, 4.69) is 40.8 Å². The second kappa shape index (κ2) is 5.28. The molecule has 2 rings (SSSR count). The lowest BCUT2D eigenvalue weighted by atomic mass is 9.61. The minimum absolute atomic E-state index is 0.0193. The first-order valence-corrected chi connectivity index (χ1v) is 6.71. The number of nitrogens with one attached hydrogen (secondary N) is 1. The number of carbonyl (C=O) groups is 1. The number of carbonyl (C=O) groups excluding carboxylic acids is 1. The van der Waals surface area contributed by atoms with Crippen LogP contribution in [0.1, 0.15) is 39.4 Å². The van der Waals surface area contributed by atoms with E-state index in [0.717, 1.165) is 12.8 Å². The molecule has 106 valence electrons. The quantitative estimate of drug-likeness (QED) is 0.854. The summed E-state index contributed by atoms with van der Waals surface area (Å²) in [6.45, 7) is 6.68. The Balaban J connectivity index is 1.98. The molecule has 1 aromatic rings. The molecular formula is C13H22N4O2. The molecule has 1 amide bonds. The van der Waals surface area contributed by atoms with Crippen molar-refractivity contribution in [1.82, 2.24) is 15.5 Å². The second-order valence-corrected chi connectivity index (χ2v) is 5.97. The zero-order valence-corrected chi connectivity index (χ0v) is 11.7. The zero-order chi connectivity index (χ0) is 14.0. The Morgan fingerprint density at radius 1 is 1.58 bits per heavy atom. The van der Waals surface area contributed by atoms with Crippen LogP contribution < -0.4 is 11.1 Å². The largest absolute Gasteiger partial charge is 0.348 e. The molecule has 1 aromatic heterocycles. The SMILES string of the molecule is CC1C(N)CCC(C(=O)NCc2ncon2)C1(C)C. The summed E-state index contributed by atoms with van der Waals surface area (Å²) in [5, 5.41) is 6.56. The monoisotopic (exact) mass is 266 g/mol. The fourth-order valence-electron chi connectivity index (χ4n) is 2.88. The molecule has 19 heavy (non-hydrogen) atoms. The lowest BCUT2D eigenvalue weighted by molar-refractivity contribution is -0.132. The lowest BCUT2D eigenvalue weighted by Crippen LogP contribution is -2.51. The van der Waals surface area contributed by atoms with Gasteiger partial charge < -0.3 is 15.6 Å². The number of amides is 1. The van der Waals surface area contributed by atoms with Gasteiger partial charge in [0.2, 0.25) is 12.3 Å². The van der Waals surface area contributed by atoms with Crippen LogP contribution in [-0.2, 0) is 11.3 Å². The lowest BCUT2D eigenvalue weighted by Gasteiger charge is -2.45. The molecule has 0 bridgehead atoms. The first-order valence-electron chi connectivity index (χ1n) is 6.71. The van der Waals surface area contributed by atoms with Gasteiger partial charge in [0.05, 0.1) is 6.54 Å². The van der Waals surface area contributed by atoms with Gasteiger partial charge in [-0.25, -0.2) is 0 Å². The highest BCUT2D eigenvalue weighted by molar-refractivity contribution is 5.79.